The van der Waals surface area contributed by atoms with Crippen molar-refractivity contribution in [2.24, 2.45) is 0 Å². The first kappa shape index (κ1) is 8.24. The third-order valence-corrected chi connectivity index (χ3v) is 3.33. The number of aryl methyl sites for hydroxylation is 1. The molecule has 0 bridgehead atoms. The molecule has 2 heteroatoms. The molecule has 1 aliphatic rings. The van der Waals surface area contributed by atoms with Gasteiger partial charge in [0.05, 0.1) is 0 Å². The van der Waals surface area contributed by atoms with Gasteiger partial charge in [-0.3, -0.25) is 0 Å². The van der Waals surface area contributed by atoms with E-state index in [0.29, 0.717) is 10.7 Å². The van der Waals surface area contributed by atoms with Crippen LogP contribution in [0.1, 0.15) is 23.5 Å². The molecule has 1 fully saturated rings. The highest BCUT2D eigenvalue weighted by molar-refractivity contribution is 9.09. The topological polar surface area (TPSA) is 0 Å². The number of alkyl halides is 1. The van der Waals surface area contributed by atoms with E-state index in [0.717, 1.165) is 5.56 Å². The Morgan fingerprint density at radius 1 is 1.50 bits per heavy atom. The Hall–Kier alpha value is -0.370. The van der Waals surface area contributed by atoms with Crippen LogP contribution in [0.15, 0.2) is 18.2 Å². The highest BCUT2D eigenvalue weighted by Gasteiger charge is 2.35. The number of hydrogen-bond acceptors (Lipinski definition) is 0. The van der Waals surface area contributed by atoms with Gasteiger partial charge in [0.2, 0.25) is 0 Å². The first-order valence-electron chi connectivity index (χ1n) is 4.08. The maximum atomic E-state index is 12.9. The molecule has 0 aliphatic heterocycles. The molecule has 0 unspecified atom stereocenters. The molecular weight excluding hydrogens is 219 g/mol. The molecule has 0 nitrogen and oxygen atoms in total. The standard InChI is InChI=1S/C10H10BrF/c1-6-4-7(2-3-10(6)12)8-5-9(8)11/h2-4,8-9H,5H2,1H3/t8-,9+/m0/s1. The summed E-state index contributed by atoms with van der Waals surface area (Å²) >= 11 is 3.53. The van der Waals surface area contributed by atoms with Gasteiger partial charge in [-0.2, -0.15) is 0 Å². The highest BCUT2D eigenvalue weighted by Crippen LogP contribution is 2.46. The summed E-state index contributed by atoms with van der Waals surface area (Å²) in [6.45, 7) is 1.81. The largest absolute Gasteiger partial charge is 0.207 e. The minimum absolute atomic E-state index is 0.106. The van der Waals surface area contributed by atoms with Crippen molar-refractivity contribution in [1.82, 2.24) is 0 Å². The normalized spacial score (nSPS) is 27.2. The predicted molar refractivity (Wildman–Crippen MR) is 51.2 cm³/mol. The average molecular weight is 229 g/mol. The van der Waals surface area contributed by atoms with Gasteiger partial charge in [-0.15, -0.1) is 0 Å². The van der Waals surface area contributed by atoms with Crippen molar-refractivity contribution in [3.05, 3.63) is 35.1 Å². The van der Waals surface area contributed by atoms with Gasteiger partial charge in [0.15, 0.2) is 0 Å². The van der Waals surface area contributed by atoms with Crippen LogP contribution in [0.5, 0.6) is 0 Å². The molecule has 0 N–H and O–H groups in total. The lowest BCUT2D eigenvalue weighted by Gasteiger charge is -2.00. The molecular formula is C10H10BrF. The van der Waals surface area contributed by atoms with Crippen LogP contribution in [0.3, 0.4) is 0 Å². The van der Waals surface area contributed by atoms with E-state index in [4.69, 9.17) is 0 Å². The van der Waals surface area contributed by atoms with E-state index in [1.54, 1.807) is 6.07 Å². The Labute approximate surface area is 79.9 Å². The summed E-state index contributed by atoms with van der Waals surface area (Å²) in [5.74, 6) is 0.509. The van der Waals surface area contributed by atoms with Crippen molar-refractivity contribution >= 4 is 15.9 Å². The SMILES string of the molecule is Cc1cc([C@@H]2C[C@H]2Br)ccc1F. The maximum absolute atomic E-state index is 12.9. The molecule has 1 aromatic rings. The van der Waals surface area contributed by atoms with E-state index in [1.807, 2.05) is 19.1 Å². The van der Waals surface area contributed by atoms with Gasteiger partial charge < -0.3 is 0 Å². The van der Waals surface area contributed by atoms with Crippen molar-refractivity contribution in [3.8, 4) is 0 Å². The van der Waals surface area contributed by atoms with E-state index >= 15 is 0 Å². The summed E-state index contributed by atoms with van der Waals surface area (Å²) in [6.07, 6.45) is 1.19. The third-order valence-electron chi connectivity index (χ3n) is 2.32. The van der Waals surface area contributed by atoms with Crippen LogP contribution in [0.4, 0.5) is 4.39 Å². The molecule has 0 saturated heterocycles. The van der Waals surface area contributed by atoms with Gasteiger partial charge in [-0.25, -0.2) is 4.39 Å². The molecule has 1 aromatic carbocycles. The van der Waals surface area contributed by atoms with Crippen LogP contribution in [-0.2, 0) is 0 Å². The zero-order chi connectivity index (χ0) is 8.72. The lowest BCUT2D eigenvalue weighted by molar-refractivity contribution is 0.617. The number of rotatable bonds is 1. The van der Waals surface area contributed by atoms with E-state index in [-0.39, 0.29) is 5.82 Å². The summed E-state index contributed by atoms with van der Waals surface area (Å²) in [5, 5.41) is 0. The lowest BCUT2D eigenvalue weighted by Crippen LogP contribution is -1.86. The molecule has 1 saturated carbocycles. The monoisotopic (exact) mass is 228 g/mol. The number of halogens is 2. The van der Waals surface area contributed by atoms with E-state index in [1.165, 1.54) is 12.0 Å². The zero-order valence-electron chi connectivity index (χ0n) is 6.85. The smallest absolute Gasteiger partial charge is 0.126 e. The Balaban J connectivity index is 2.29. The fraction of sp³-hybridized carbons (Fsp3) is 0.400. The molecule has 64 valence electrons. The van der Waals surface area contributed by atoms with Crippen LogP contribution < -0.4 is 0 Å². The van der Waals surface area contributed by atoms with Gasteiger partial charge in [-0.1, -0.05) is 28.1 Å². The van der Waals surface area contributed by atoms with Gasteiger partial charge in [0, 0.05) is 4.83 Å². The Morgan fingerprint density at radius 3 is 2.67 bits per heavy atom. The van der Waals surface area contributed by atoms with Crippen LogP contribution in [0.2, 0.25) is 0 Å². The Bertz CT molecular complexity index is 309. The first-order valence-corrected chi connectivity index (χ1v) is 5.00. The fourth-order valence-electron chi connectivity index (χ4n) is 1.41. The Morgan fingerprint density at radius 2 is 2.17 bits per heavy atom. The molecule has 1 aliphatic carbocycles. The minimum atomic E-state index is -0.106. The molecule has 2 rings (SSSR count). The minimum Gasteiger partial charge on any atom is -0.207 e. The second kappa shape index (κ2) is 2.84. The summed E-state index contributed by atoms with van der Waals surface area (Å²) in [5.41, 5.74) is 2.01. The number of benzene rings is 1. The van der Waals surface area contributed by atoms with E-state index < -0.39 is 0 Å². The third kappa shape index (κ3) is 1.40. The van der Waals surface area contributed by atoms with Crippen LogP contribution in [0.25, 0.3) is 0 Å². The van der Waals surface area contributed by atoms with Crippen molar-refractivity contribution in [2.45, 2.75) is 24.1 Å². The molecule has 0 radical (unpaired) electrons. The molecule has 0 heterocycles. The van der Waals surface area contributed by atoms with Crippen LogP contribution in [0, 0.1) is 12.7 Å². The fourth-order valence-corrected chi connectivity index (χ4v) is 2.12. The summed E-state index contributed by atoms with van der Waals surface area (Å²) in [7, 11) is 0. The van der Waals surface area contributed by atoms with Gasteiger partial charge in [0.25, 0.3) is 0 Å². The maximum Gasteiger partial charge on any atom is 0.126 e. The van der Waals surface area contributed by atoms with E-state index in [9.17, 15) is 4.39 Å². The molecule has 0 amide bonds. The quantitative estimate of drug-likeness (QED) is 0.647. The predicted octanol–water partition coefficient (Wildman–Crippen LogP) is 3.38. The van der Waals surface area contributed by atoms with Crippen molar-refractivity contribution in [2.75, 3.05) is 0 Å². The molecule has 2 atom stereocenters. The van der Waals surface area contributed by atoms with E-state index in [2.05, 4.69) is 15.9 Å². The summed E-state index contributed by atoms with van der Waals surface area (Å²) < 4.78 is 12.9. The Kier molecular flexibility index (Phi) is 1.95. The first-order chi connectivity index (χ1) is 5.68. The summed E-state index contributed by atoms with van der Waals surface area (Å²) in [6, 6.07) is 5.39. The average Bonchev–Trinajstić information content (AvgIpc) is 2.73. The van der Waals surface area contributed by atoms with Gasteiger partial charge in [-0.05, 0) is 36.5 Å². The second-order valence-electron chi connectivity index (χ2n) is 3.37. The molecule has 0 aromatic heterocycles. The molecule has 0 spiro atoms. The van der Waals surface area contributed by atoms with Gasteiger partial charge >= 0.3 is 0 Å². The highest BCUT2D eigenvalue weighted by atomic mass is 79.9. The van der Waals surface area contributed by atoms with Crippen molar-refractivity contribution < 1.29 is 4.39 Å². The lowest BCUT2D eigenvalue weighted by atomic mass is 10.1. The molecule has 12 heavy (non-hydrogen) atoms. The second-order valence-corrected chi connectivity index (χ2v) is 4.54. The summed E-state index contributed by atoms with van der Waals surface area (Å²) in [4.78, 5) is 0.613. The van der Waals surface area contributed by atoms with Gasteiger partial charge in [0.1, 0.15) is 5.82 Å². The number of hydrogen-bond donors (Lipinski definition) is 0. The zero-order valence-corrected chi connectivity index (χ0v) is 8.44. The van der Waals surface area contributed by atoms with Crippen molar-refractivity contribution in [3.63, 3.8) is 0 Å². The van der Waals surface area contributed by atoms with Crippen LogP contribution >= 0.6 is 15.9 Å². The van der Waals surface area contributed by atoms with Crippen LogP contribution in [-0.4, -0.2) is 4.83 Å². The van der Waals surface area contributed by atoms with Crippen molar-refractivity contribution in [1.29, 1.82) is 0 Å².